The van der Waals surface area contributed by atoms with Gasteiger partial charge in [-0.25, -0.2) is 0 Å². The minimum Gasteiger partial charge on any atom is -0.493 e. The Morgan fingerprint density at radius 3 is 2.20 bits per heavy atom. The zero-order valence-electron chi connectivity index (χ0n) is 13.9. The fraction of sp³-hybridized carbons (Fsp3) is 0.350. The second-order valence-electron chi connectivity index (χ2n) is 5.83. The molecule has 2 aromatic carbocycles. The maximum Gasteiger partial charge on any atom is 0.199 e. The lowest BCUT2D eigenvalue weighted by Crippen LogP contribution is -2.24. The van der Waals surface area contributed by atoms with Crippen LogP contribution in [0.5, 0.6) is 11.5 Å². The normalized spacial score (nSPS) is 17.1. The predicted octanol–water partition coefficient (Wildman–Crippen LogP) is 4.60. The van der Waals surface area contributed by atoms with E-state index in [0.717, 1.165) is 42.7 Å². The zero-order chi connectivity index (χ0) is 17.5. The molecule has 0 aliphatic carbocycles. The average Bonchev–Trinajstić information content (AvgIpc) is 2.68. The van der Waals surface area contributed by atoms with Gasteiger partial charge in [-0.2, -0.15) is 0 Å². The highest BCUT2D eigenvalue weighted by atomic mass is 79.9. The molecule has 132 valence electrons. The molecule has 0 saturated carbocycles. The fourth-order valence-electron chi connectivity index (χ4n) is 2.67. The summed E-state index contributed by atoms with van der Waals surface area (Å²) in [7, 11) is 0. The number of alkyl halides is 1. The van der Waals surface area contributed by atoms with Crippen LogP contribution in [-0.2, 0) is 4.74 Å². The van der Waals surface area contributed by atoms with E-state index in [1.807, 2.05) is 24.3 Å². The molecular weight excluding hydrogens is 384 g/mol. The van der Waals surface area contributed by atoms with E-state index in [0.29, 0.717) is 17.7 Å². The van der Waals surface area contributed by atoms with Crippen molar-refractivity contribution in [3.8, 4) is 11.5 Å². The predicted molar refractivity (Wildman–Crippen MR) is 99.8 cm³/mol. The van der Waals surface area contributed by atoms with Crippen molar-refractivity contribution in [1.29, 1.82) is 0 Å². The summed E-state index contributed by atoms with van der Waals surface area (Å²) in [6.07, 6.45) is 2.94. The van der Waals surface area contributed by atoms with Gasteiger partial charge in [0.1, 0.15) is 11.5 Å². The summed E-state index contributed by atoms with van der Waals surface area (Å²) in [4.78, 5) is 12.6. The van der Waals surface area contributed by atoms with Gasteiger partial charge in [-0.1, -0.05) is 15.9 Å². The van der Waals surface area contributed by atoms with Crippen LogP contribution < -0.4 is 9.47 Å². The Hall–Kier alpha value is -1.85. The first kappa shape index (κ1) is 18.0. The Balaban J connectivity index is 1.61. The van der Waals surface area contributed by atoms with Crippen molar-refractivity contribution in [1.82, 2.24) is 0 Å². The van der Waals surface area contributed by atoms with Crippen molar-refractivity contribution in [3.63, 3.8) is 0 Å². The van der Waals surface area contributed by atoms with E-state index in [1.165, 1.54) is 0 Å². The molecule has 0 radical (unpaired) electrons. The summed E-state index contributed by atoms with van der Waals surface area (Å²) in [6.45, 7) is 1.34. The lowest BCUT2D eigenvalue weighted by molar-refractivity contribution is -0.105. The fourth-order valence-corrected chi connectivity index (χ4v) is 2.83. The van der Waals surface area contributed by atoms with Crippen LogP contribution in [0.25, 0.3) is 0 Å². The van der Waals surface area contributed by atoms with Gasteiger partial charge in [0, 0.05) is 22.9 Å². The average molecular weight is 405 g/mol. The molecule has 0 spiro atoms. The Morgan fingerprint density at radius 1 is 1.00 bits per heavy atom. The molecule has 4 nitrogen and oxygen atoms in total. The molecule has 1 saturated heterocycles. The van der Waals surface area contributed by atoms with Crippen LogP contribution in [0.1, 0.15) is 35.2 Å². The first-order valence-electron chi connectivity index (χ1n) is 8.48. The molecule has 0 unspecified atom stereocenters. The minimum atomic E-state index is -0.178. The van der Waals surface area contributed by atoms with Crippen molar-refractivity contribution in [2.24, 2.45) is 0 Å². The molecule has 1 atom stereocenters. The summed E-state index contributed by atoms with van der Waals surface area (Å²) in [5, 5.41) is 0.772. The lowest BCUT2D eigenvalue weighted by atomic mass is 10.0. The highest BCUT2D eigenvalue weighted by molar-refractivity contribution is 9.09. The van der Waals surface area contributed by atoms with Gasteiger partial charge in [-0.3, -0.25) is 4.79 Å². The first-order valence-corrected chi connectivity index (χ1v) is 9.60. The van der Waals surface area contributed by atoms with E-state index in [-0.39, 0.29) is 12.1 Å². The summed E-state index contributed by atoms with van der Waals surface area (Å²) in [5.74, 6) is 1.46. The largest absolute Gasteiger partial charge is 0.493 e. The van der Waals surface area contributed by atoms with Crippen LogP contribution in [0.4, 0.5) is 0 Å². The number of halogens is 1. The summed E-state index contributed by atoms with van der Waals surface area (Å²) in [5.41, 5.74) is 1.27. The van der Waals surface area contributed by atoms with Gasteiger partial charge < -0.3 is 14.2 Å². The molecular formula is C20H21BrO4. The molecule has 0 N–H and O–H groups in total. The number of carbonyl (C=O) groups is 1. The van der Waals surface area contributed by atoms with Crippen LogP contribution in [-0.4, -0.2) is 30.6 Å². The van der Waals surface area contributed by atoms with Crippen molar-refractivity contribution < 1.29 is 19.0 Å². The third kappa shape index (κ3) is 5.06. The molecule has 1 heterocycles. The molecule has 2 aromatic rings. The van der Waals surface area contributed by atoms with Crippen molar-refractivity contribution >= 4 is 21.7 Å². The molecule has 0 amide bonds. The Morgan fingerprint density at radius 2 is 1.64 bits per heavy atom. The first-order chi connectivity index (χ1) is 12.3. The van der Waals surface area contributed by atoms with Gasteiger partial charge in [-0.05, 0) is 61.4 Å². The maximum absolute atomic E-state index is 12.6. The van der Waals surface area contributed by atoms with Gasteiger partial charge in [0.15, 0.2) is 12.1 Å². The molecule has 25 heavy (non-hydrogen) atoms. The van der Waals surface area contributed by atoms with Crippen LogP contribution in [0.2, 0.25) is 0 Å². The Bertz CT molecular complexity index is 676. The number of hydrogen-bond donors (Lipinski definition) is 0. The third-order valence-corrected chi connectivity index (χ3v) is 4.31. The quantitative estimate of drug-likeness (QED) is 0.499. The molecule has 1 aliphatic heterocycles. The summed E-state index contributed by atoms with van der Waals surface area (Å²) < 4.78 is 16.9. The number of hydrogen-bond acceptors (Lipinski definition) is 4. The second-order valence-corrected chi connectivity index (χ2v) is 6.62. The van der Waals surface area contributed by atoms with Crippen molar-refractivity contribution in [2.45, 2.75) is 25.6 Å². The van der Waals surface area contributed by atoms with Gasteiger partial charge >= 0.3 is 0 Å². The molecule has 3 rings (SSSR count). The van der Waals surface area contributed by atoms with E-state index in [2.05, 4.69) is 15.9 Å². The highest BCUT2D eigenvalue weighted by Crippen LogP contribution is 2.21. The number of ketones is 1. The van der Waals surface area contributed by atoms with Crippen LogP contribution >= 0.6 is 15.9 Å². The van der Waals surface area contributed by atoms with Crippen LogP contribution in [0, 0.1) is 0 Å². The van der Waals surface area contributed by atoms with E-state index in [1.54, 1.807) is 24.3 Å². The maximum atomic E-state index is 12.6. The third-order valence-electron chi connectivity index (χ3n) is 3.98. The monoisotopic (exact) mass is 404 g/mol. The topological polar surface area (TPSA) is 44.8 Å². The molecule has 1 fully saturated rings. The Kier molecular flexibility index (Phi) is 6.48. The van der Waals surface area contributed by atoms with Crippen LogP contribution in [0.3, 0.4) is 0 Å². The SMILES string of the molecule is O=C(c1ccc(OCCBr)cc1)c1ccc(O[C@@H]2CCCCO2)cc1. The lowest BCUT2D eigenvalue weighted by Gasteiger charge is -2.23. The van der Waals surface area contributed by atoms with Gasteiger partial charge in [0.25, 0.3) is 0 Å². The second kappa shape index (κ2) is 9.02. The summed E-state index contributed by atoms with van der Waals surface area (Å²) >= 11 is 3.31. The Labute approximate surface area is 156 Å². The molecule has 5 heteroatoms. The van der Waals surface area contributed by atoms with Crippen molar-refractivity contribution in [3.05, 3.63) is 59.7 Å². The van der Waals surface area contributed by atoms with E-state index < -0.39 is 0 Å². The smallest absolute Gasteiger partial charge is 0.199 e. The molecule has 0 bridgehead atoms. The number of carbonyl (C=O) groups excluding carboxylic acids is 1. The molecule has 0 aromatic heterocycles. The van der Waals surface area contributed by atoms with Crippen LogP contribution in [0.15, 0.2) is 48.5 Å². The number of rotatable bonds is 7. The highest BCUT2D eigenvalue weighted by Gasteiger charge is 2.15. The minimum absolute atomic E-state index is 0.0208. The van der Waals surface area contributed by atoms with Gasteiger partial charge in [-0.15, -0.1) is 0 Å². The number of ether oxygens (including phenoxy) is 3. The van der Waals surface area contributed by atoms with E-state index in [9.17, 15) is 4.79 Å². The standard InChI is InChI=1S/C20H21BrO4/c21-12-14-23-17-8-4-15(5-9-17)20(22)16-6-10-18(11-7-16)25-19-3-1-2-13-24-19/h4-11,19H,1-3,12-14H2/t19-/m1/s1. The van der Waals surface area contributed by atoms with Gasteiger partial charge in [0.2, 0.25) is 0 Å². The van der Waals surface area contributed by atoms with E-state index >= 15 is 0 Å². The van der Waals surface area contributed by atoms with Crippen molar-refractivity contribution in [2.75, 3.05) is 18.5 Å². The van der Waals surface area contributed by atoms with E-state index in [4.69, 9.17) is 14.2 Å². The molecule has 1 aliphatic rings. The summed E-state index contributed by atoms with van der Waals surface area (Å²) in [6, 6.07) is 14.4. The van der Waals surface area contributed by atoms with Gasteiger partial charge in [0.05, 0.1) is 13.2 Å². The zero-order valence-corrected chi connectivity index (χ0v) is 15.5. The number of benzene rings is 2.